The van der Waals surface area contributed by atoms with Crippen LogP contribution in [0.1, 0.15) is 15.9 Å². The highest BCUT2D eigenvalue weighted by Crippen LogP contribution is 2.19. The molecule has 0 heterocycles. The van der Waals surface area contributed by atoms with Gasteiger partial charge in [0.05, 0.1) is 5.56 Å². The van der Waals surface area contributed by atoms with E-state index in [0.717, 1.165) is 16.3 Å². The van der Waals surface area contributed by atoms with Crippen LogP contribution < -0.4 is 10.1 Å². The molecule has 31 heavy (non-hydrogen) atoms. The number of esters is 1. The van der Waals surface area contributed by atoms with E-state index in [1.165, 1.54) is 0 Å². The number of rotatable bonds is 7. The number of amides is 1. The number of hydrogen-bond donors (Lipinski definition) is 1. The fourth-order valence-corrected chi connectivity index (χ4v) is 3.13. The number of nitrogens with one attached hydrogen (secondary N) is 1. The van der Waals surface area contributed by atoms with Crippen LogP contribution in [0.25, 0.3) is 10.8 Å². The van der Waals surface area contributed by atoms with Crippen LogP contribution >= 0.6 is 0 Å². The van der Waals surface area contributed by atoms with Crippen molar-refractivity contribution in [2.24, 2.45) is 0 Å². The Kier molecular flexibility index (Phi) is 6.24. The molecule has 1 amide bonds. The summed E-state index contributed by atoms with van der Waals surface area (Å²) in [6.45, 7) is 0.0221. The molecule has 0 fully saturated rings. The molecule has 5 nitrogen and oxygen atoms in total. The van der Waals surface area contributed by atoms with Gasteiger partial charge in [0, 0.05) is 5.69 Å². The Hall–Kier alpha value is -4.12. The standard InChI is InChI=1S/C26H21NO4/c28-25(27-23-14-13-20-9-4-5-10-21(20)15-23)18-31-26(29)22-11-6-12-24(16-22)30-17-19-7-2-1-3-8-19/h1-16H,17-18H2,(H,27,28). The van der Waals surface area contributed by atoms with Crippen molar-refractivity contribution in [2.75, 3.05) is 11.9 Å². The third-order valence-corrected chi connectivity index (χ3v) is 4.69. The van der Waals surface area contributed by atoms with Crippen molar-refractivity contribution in [1.82, 2.24) is 0 Å². The van der Waals surface area contributed by atoms with E-state index in [0.29, 0.717) is 23.6 Å². The van der Waals surface area contributed by atoms with Gasteiger partial charge in [-0.15, -0.1) is 0 Å². The summed E-state index contributed by atoms with van der Waals surface area (Å²) in [4.78, 5) is 24.5. The van der Waals surface area contributed by atoms with E-state index in [9.17, 15) is 9.59 Å². The molecule has 1 N–H and O–H groups in total. The van der Waals surface area contributed by atoms with Gasteiger partial charge < -0.3 is 14.8 Å². The van der Waals surface area contributed by atoms with E-state index < -0.39 is 11.9 Å². The molecule has 0 spiro atoms. The highest BCUT2D eigenvalue weighted by molar-refractivity contribution is 5.97. The van der Waals surface area contributed by atoms with Gasteiger partial charge in [-0.2, -0.15) is 0 Å². The maximum atomic E-state index is 12.3. The maximum absolute atomic E-state index is 12.3. The Morgan fingerprint density at radius 3 is 2.35 bits per heavy atom. The fourth-order valence-electron chi connectivity index (χ4n) is 3.13. The molecule has 0 bridgehead atoms. The number of hydrogen-bond acceptors (Lipinski definition) is 4. The van der Waals surface area contributed by atoms with Crippen molar-refractivity contribution < 1.29 is 19.1 Å². The molecule has 0 unspecified atom stereocenters. The van der Waals surface area contributed by atoms with Crippen LogP contribution in [-0.2, 0) is 16.1 Å². The smallest absolute Gasteiger partial charge is 0.338 e. The van der Waals surface area contributed by atoms with Crippen molar-refractivity contribution in [3.05, 3.63) is 108 Å². The summed E-state index contributed by atoms with van der Waals surface area (Å²) in [5.74, 6) is -0.433. The molecule has 154 valence electrons. The lowest BCUT2D eigenvalue weighted by atomic mass is 10.1. The summed E-state index contributed by atoms with van der Waals surface area (Å²) in [6, 6.07) is 30.0. The molecule has 4 aromatic rings. The van der Waals surface area contributed by atoms with E-state index in [1.54, 1.807) is 24.3 Å². The Balaban J connectivity index is 1.31. The summed E-state index contributed by atoms with van der Waals surface area (Å²) in [7, 11) is 0. The van der Waals surface area contributed by atoms with Gasteiger partial charge in [0.2, 0.25) is 0 Å². The van der Waals surface area contributed by atoms with E-state index >= 15 is 0 Å². The van der Waals surface area contributed by atoms with Crippen molar-refractivity contribution >= 4 is 28.3 Å². The molecule has 0 radical (unpaired) electrons. The third-order valence-electron chi connectivity index (χ3n) is 4.69. The molecule has 0 saturated heterocycles. The zero-order valence-corrected chi connectivity index (χ0v) is 16.8. The predicted molar refractivity (Wildman–Crippen MR) is 120 cm³/mol. The number of ether oxygens (including phenoxy) is 2. The van der Waals surface area contributed by atoms with Gasteiger partial charge in [-0.25, -0.2) is 4.79 Å². The molecule has 0 aliphatic rings. The molecule has 4 aromatic carbocycles. The van der Waals surface area contributed by atoms with Gasteiger partial charge in [0.25, 0.3) is 5.91 Å². The van der Waals surface area contributed by atoms with Crippen LogP contribution in [0.2, 0.25) is 0 Å². The summed E-state index contributed by atoms with van der Waals surface area (Å²) >= 11 is 0. The van der Waals surface area contributed by atoms with Gasteiger partial charge >= 0.3 is 5.97 Å². The number of benzene rings is 4. The van der Waals surface area contributed by atoms with E-state index in [1.807, 2.05) is 72.8 Å². The normalized spacial score (nSPS) is 10.5. The summed E-state index contributed by atoms with van der Waals surface area (Å²) < 4.78 is 10.9. The van der Waals surface area contributed by atoms with E-state index in [2.05, 4.69) is 5.32 Å². The number of anilines is 1. The lowest BCUT2D eigenvalue weighted by Crippen LogP contribution is -2.20. The monoisotopic (exact) mass is 411 g/mol. The first kappa shape index (κ1) is 20.2. The first-order valence-corrected chi connectivity index (χ1v) is 9.90. The van der Waals surface area contributed by atoms with Crippen molar-refractivity contribution in [3.8, 4) is 5.75 Å². The van der Waals surface area contributed by atoms with Crippen molar-refractivity contribution in [3.63, 3.8) is 0 Å². The molecular formula is C26H21NO4. The highest BCUT2D eigenvalue weighted by atomic mass is 16.5. The molecule has 0 aliphatic carbocycles. The minimum atomic E-state index is -0.584. The van der Waals surface area contributed by atoms with Gasteiger partial charge in [0.15, 0.2) is 6.61 Å². The fraction of sp³-hybridized carbons (Fsp3) is 0.0769. The van der Waals surface area contributed by atoms with Crippen LogP contribution in [0, 0.1) is 0 Å². The summed E-state index contributed by atoms with van der Waals surface area (Å²) in [6.07, 6.45) is 0. The van der Waals surface area contributed by atoms with Crippen LogP contribution in [0.5, 0.6) is 5.75 Å². The Labute approximate surface area is 180 Å². The average Bonchev–Trinajstić information content (AvgIpc) is 2.82. The van der Waals surface area contributed by atoms with Crippen LogP contribution in [0.3, 0.4) is 0 Å². The van der Waals surface area contributed by atoms with E-state index in [4.69, 9.17) is 9.47 Å². The van der Waals surface area contributed by atoms with E-state index in [-0.39, 0.29) is 6.61 Å². The SMILES string of the molecule is O=C(COC(=O)c1cccc(OCc2ccccc2)c1)Nc1ccc2ccccc2c1. The lowest BCUT2D eigenvalue weighted by molar-refractivity contribution is -0.119. The number of fused-ring (bicyclic) bond motifs is 1. The lowest BCUT2D eigenvalue weighted by Gasteiger charge is -2.09. The summed E-state index contributed by atoms with van der Waals surface area (Å²) in [5, 5.41) is 4.85. The topological polar surface area (TPSA) is 64.6 Å². The Bertz CT molecular complexity index is 1200. The highest BCUT2D eigenvalue weighted by Gasteiger charge is 2.12. The molecule has 0 atom stereocenters. The van der Waals surface area contributed by atoms with Crippen LogP contribution in [0.15, 0.2) is 97.1 Å². The zero-order valence-electron chi connectivity index (χ0n) is 16.8. The average molecular weight is 411 g/mol. The van der Waals surface area contributed by atoms with Gasteiger partial charge in [0.1, 0.15) is 12.4 Å². The predicted octanol–water partition coefficient (Wildman–Crippen LogP) is 5.21. The number of carbonyl (C=O) groups excluding carboxylic acids is 2. The first-order valence-electron chi connectivity index (χ1n) is 9.90. The Morgan fingerprint density at radius 2 is 1.52 bits per heavy atom. The zero-order chi connectivity index (χ0) is 21.5. The van der Waals surface area contributed by atoms with Gasteiger partial charge in [-0.1, -0.05) is 66.7 Å². The van der Waals surface area contributed by atoms with Gasteiger partial charge in [-0.3, -0.25) is 4.79 Å². The molecule has 5 heteroatoms. The largest absolute Gasteiger partial charge is 0.489 e. The molecule has 0 saturated carbocycles. The molecule has 4 rings (SSSR count). The van der Waals surface area contributed by atoms with Crippen LogP contribution in [-0.4, -0.2) is 18.5 Å². The second-order valence-electron chi connectivity index (χ2n) is 6.99. The quantitative estimate of drug-likeness (QED) is 0.424. The first-order chi connectivity index (χ1) is 15.2. The summed E-state index contributed by atoms with van der Waals surface area (Å²) in [5.41, 5.74) is 2.00. The third kappa shape index (κ3) is 5.48. The Morgan fingerprint density at radius 1 is 0.742 bits per heavy atom. The molecule has 0 aromatic heterocycles. The minimum absolute atomic E-state index is 0.323. The van der Waals surface area contributed by atoms with Gasteiger partial charge in [-0.05, 0) is 46.7 Å². The molecule has 0 aliphatic heterocycles. The second-order valence-corrected chi connectivity index (χ2v) is 6.99. The minimum Gasteiger partial charge on any atom is -0.489 e. The second kappa shape index (κ2) is 9.59. The van der Waals surface area contributed by atoms with Crippen molar-refractivity contribution in [1.29, 1.82) is 0 Å². The number of carbonyl (C=O) groups is 2. The molecular weight excluding hydrogens is 390 g/mol. The van der Waals surface area contributed by atoms with Crippen molar-refractivity contribution in [2.45, 2.75) is 6.61 Å². The maximum Gasteiger partial charge on any atom is 0.338 e. The van der Waals surface area contributed by atoms with Crippen LogP contribution in [0.4, 0.5) is 5.69 Å².